The molecule has 0 heterocycles. The molecule has 0 spiro atoms. The Balaban J connectivity index is 3.22. The van der Waals surface area contributed by atoms with Crippen LogP contribution >= 0.6 is 11.6 Å². The first-order chi connectivity index (χ1) is 5.69. The van der Waals surface area contributed by atoms with Gasteiger partial charge in [0.1, 0.15) is 5.75 Å². The summed E-state index contributed by atoms with van der Waals surface area (Å²) in [5.41, 5.74) is 1.74. The maximum Gasteiger partial charge on any atom is 0.123 e. The van der Waals surface area contributed by atoms with Crippen LogP contribution in [0, 0.1) is 6.92 Å². The molecule has 0 saturated heterocycles. The van der Waals surface area contributed by atoms with Gasteiger partial charge in [-0.1, -0.05) is 11.6 Å². The lowest BCUT2D eigenvalue weighted by Gasteiger charge is -2.08. The summed E-state index contributed by atoms with van der Waals surface area (Å²) in [4.78, 5) is 0. The topological polar surface area (TPSA) is 29.5 Å². The van der Waals surface area contributed by atoms with Gasteiger partial charge in [-0.2, -0.15) is 0 Å². The average molecular weight is 187 g/mol. The minimum absolute atomic E-state index is 0.0112. The third-order valence-electron chi connectivity index (χ3n) is 1.82. The number of ether oxygens (including phenoxy) is 1. The lowest BCUT2D eigenvalue weighted by atomic mass is 10.1. The first kappa shape index (κ1) is 9.36. The first-order valence-electron chi connectivity index (χ1n) is 3.63. The van der Waals surface area contributed by atoms with Crippen LogP contribution in [0.4, 0.5) is 0 Å². The minimum atomic E-state index is -0.0112. The number of methoxy groups -OCH3 is 1. The van der Waals surface area contributed by atoms with Gasteiger partial charge in [0, 0.05) is 5.02 Å². The lowest BCUT2D eigenvalue weighted by Crippen LogP contribution is -1.93. The SMILES string of the molecule is COc1cc(Cl)cc(CO)c1C. The highest BCUT2D eigenvalue weighted by atomic mass is 35.5. The van der Waals surface area contributed by atoms with E-state index in [0.29, 0.717) is 10.8 Å². The summed E-state index contributed by atoms with van der Waals surface area (Å²) in [6.07, 6.45) is 0. The standard InChI is InChI=1S/C9H11ClO2/c1-6-7(5-11)3-8(10)4-9(6)12-2/h3-4,11H,5H2,1-2H3. The van der Waals surface area contributed by atoms with Crippen LogP contribution in [0.5, 0.6) is 5.75 Å². The molecule has 0 aliphatic rings. The lowest BCUT2D eigenvalue weighted by molar-refractivity contribution is 0.280. The summed E-state index contributed by atoms with van der Waals surface area (Å²) < 4.78 is 5.07. The van der Waals surface area contributed by atoms with Crippen LogP contribution in [-0.2, 0) is 6.61 Å². The molecular formula is C9H11ClO2. The number of aliphatic hydroxyl groups excluding tert-OH is 1. The second-order valence-corrected chi connectivity index (χ2v) is 2.99. The van der Waals surface area contributed by atoms with E-state index in [1.165, 1.54) is 0 Å². The van der Waals surface area contributed by atoms with E-state index in [-0.39, 0.29) is 6.61 Å². The molecule has 0 aromatic heterocycles. The highest BCUT2D eigenvalue weighted by molar-refractivity contribution is 6.30. The van der Waals surface area contributed by atoms with Crippen molar-refractivity contribution in [1.29, 1.82) is 0 Å². The molecule has 0 amide bonds. The van der Waals surface area contributed by atoms with E-state index < -0.39 is 0 Å². The third kappa shape index (κ3) is 1.71. The Morgan fingerprint density at radius 3 is 2.67 bits per heavy atom. The highest BCUT2D eigenvalue weighted by Gasteiger charge is 2.05. The van der Waals surface area contributed by atoms with Crippen molar-refractivity contribution in [2.24, 2.45) is 0 Å². The predicted octanol–water partition coefficient (Wildman–Crippen LogP) is 2.15. The molecule has 0 atom stereocenters. The number of hydrogen-bond acceptors (Lipinski definition) is 2. The van der Waals surface area contributed by atoms with Crippen LogP contribution in [0.15, 0.2) is 12.1 Å². The smallest absolute Gasteiger partial charge is 0.123 e. The minimum Gasteiger partial charge on any atom is -0.496 e. The quantitative estimate of drug-likeness (QED) is 0.767. The van der Waals surface area contributed by atoms with E-state index in [4.69, 9.17) is 21.4 Å². The number of benzene rings is 1. The molecule has 1 rings (SSSR count). The van der Waals surface area contributed by atoms with Crippen LogP contribution < -0.4 is 4.74 Å². The Labute approximate surface area is 76.7 Å². The van der Waals surface area contributed by atoms with Gasteiger partial charge in [-0.15, -0.1) is 0 Å². The highest BCUT2D eigenvalue weighted by Crippen LogP contribution is 2.26. The summed E-state index contributed by atoms with van der Waals surface area (Å²) in [5, 5.41) is 9.53. The van der Waals surface area contributed by atoms with Gasteiger partial charge in [0.15, 0.2) is 0 Å². The molecule has 0 unspecified atom stereocenters. The van der Waals surface area contributed by atoms with E-state index in [1.807, 2.05) is 6.92 Å². The molecule has 2 nitrogen and oxygen atoms in total. The van der Waals surface area contributed by atoms with Crippen molar-refractivity contribution >= 4 is 11.6 Å². The fourth-order valence-corrected chi connectivity index (χ4v) is 1.32. The van der Waals surface area contributed by atoms with Crippen molar-refractivity contribution in [1.82, 2.24) is 0 Å². The van der Waals surface area contributed by atoms with Crippen molar-refractivity contribution < 1.29 is 9.84 Å². The van der Waals surface area contributed by atoms with Crippen LogP contribution in [0.2, 0.25) is 5.02 Å². The molecule has 0 radical (unpaired) electrons. The predicted molar refractivity (Wildman–Crippen MR) is 48.7 cm³/mol. The summed E-state index contributed by atoms with van der Waals surface area (Å²) in [6.45, 7) is 1.88. The Bertz CT molecular complexity index is 259. The monoisotopic (exact) mass is 186 g/mol. The van der Waals surface area contributed by atoms with E-state index in [1.54, 1.807) is 19.2 Å². The molecule has 1 aromatic carbocycles. The molecule has 0 saturated carbocycles. The van der Waals surface area contributed by atoms with Gasteiger partial charge >= 0.3 is 0 Å². The van der Waals surface area contributed by atoms with Gasteiger partial charge < -0.3 is 9.84 Å². The second kappa shape index (κ2) is 3.78. The maximum atomic E-state index is 8.95. The number of rotatable bonds is 2. The maximum absolute atomic E-state index is 8.95. The van der Waals surface area contributed by atoms with Crippen molar-refractivity contribution in [2.75, 3.05) is 7.11 Å². The van der Waals surface area contributed by atoms with Gasteiger partial charge in [-0.05, 0) is 30.2 Å². The van der Waals surface area contributed by atoms with Crippen LogP contribution in [0.25, 0.3) is 0 Å². The molecule has 3 heteroatoms. The molecule has 12 heavy (non-hydrogen) atoms. The van der Waals surface area contributed by atoms with Gasteiger partial charge in [-0.3, -0.25) is 0 Å². The van der Waals surface area contributed by atoms with Gasteiger partial charge in [-0.25, -0.2) is 0 Å². The normalized spacial score (nSPS) is 10.0. The molecule has 0 bridgehead atoms. The molecule has 0 aliphatic carbocycles. The zero-order valence-electron chi connectivity index (χ0n) is 7.10. The summed E-state index contributed by atoms with van der Waals surface area (Å²) in [6, 6.07) is 3.47. The molecule has 1 N–H and O–H groups in total. The van der Waals surface area contributed by atoms with Crippen molar-refractivity contribution in [2.45, 2.75) is 13.5 Å². The molecular weight excluding hydrogens is 176 g/mol. The summed E-state index contributed by atoms with van der Waals surface area (Å²) in [5.74, 6) is 0.714. The largest absolute Gasteiger partial charge is 0.496 e. The molecule has 66 valence electrons. The Hall–Kier alpha value is -0.730. The number of hydrogen-bond donors (Lipinski definition) is 1. The van der Waals surface area contributed by atoms with Gasteiger partial charge in [0.05, 0.1) is 13.7 Å². The first-order valence-corrected chi connectivity index (χ1v) is 4.00. The van der Waals surface area contributed by atoms with Crippen molar-refractivity contribution in [3.05, 3.63) is 28.3 Å². The van der Waals surface area contributed by atoms with E-state index in [0.717, 1.165) is 11.1 Å². The fraction of sp³-hybridized carbons (Fsp3) is 0.333. The Morgan fingerprint density at radius 2 is 2.17 bits per heavy atom. The zero-order chi connectivity index (χ0) is 9.14. The summed E-state index contributed by atoms with van der Waals surface area (Å²) in [7, 11) is 1.58. The van der Waals surface area contributed by atoms with Gasteiger partial charge in [0.25, 0.3) is 0 Å². The second-order valence-electron chi connectivity index (χ2n) is 2.55. The third-order valence-corrected chi connectivity index (χ3v) is 2.04. The average Bonchev–Trinajstić information content (AvgIpc) is 2.08. The Kier molecular flexibility index (Phi) is 2.95. The molecule has 0 aliphatic heterocycles. The van der Waals surface area contributed by atoms with E-state index in [9.17, 15) is 0 Å². The zero-order valence-corrected chi connectivity index (χ0v) is 7.85. The molecule has 0 fully saturated rings. The van der Waals surface area contributed by atoms with Crippen LogP contribution in [0.1, 0.15) is 11.1 Å². The van der Waals surface area contributed by atoms with E-state index in [2.05, 4.69) is 0 Å². The Morgan fingerprint density at radius 1 is 1.50 bits per heavy atom. The summed E-state index contributed by atoms with van der Waals surface area (Å²) >= 11 is 5.79. The van der Waals surface area contributed by atoms with Crippen molar-refractivity contribution in [3.63, 3.8) is 0 Å². The molecule has 1 aromatic rings. The van der Waals surface area contributed by atoms with Crippen molar-refractivity contribution in [3.8, 4) is 5.75 Å². The number of halogens is 1. The van der Waals surface area contributed by atoms with E-state index >= 15 is 0 Å². The van der Waals surface area contributed by atoms with Crippen LogP contribution in [-0.4, -0.2) is 12.2 Å². The van der Waals surface area contributed by atoms with Gasteiger partial charge in [0.2, 0.25) is 0 Å². The fourth-order valence-electron chi connectivity index (χ4n) is 1.08. The number of aliphatic hydroxyl groups is 1. The van der Waals surface area contributed by atoms with Crippen LogP contribution in [0.3, 0.4) is 0 Å².